The van der Waals surface area contributed by atoms with Crippen molar-refractivity contribution >= 4 is 29.8 Å². The van der Waals surface area contributed by atoms with E-state index in [4.69, 9.17) is 0 Å². The molecule has 0 amide bonds. The van der Waals surface area contributed by atoms with Gasteiger partial charge in [0.15, 0.2) is 0 Å². The molecule has 0 fully saturated rings. The largest absolute Gasteiger partial charge is 1.00 e. The van der Waals surface area contributed by atoms with Crippen LogP contribution in [-0.2, 0) is 0 Å². The molecule has 2 aliphatic rings. The first kappa shape index (κ1) is 19.7. The van der Waals surface area contributed by atoms with Gasteiger partial charge < -0.3 is 12.4 Å². The van der Waals surface area contributed by atoms with Gasteiger partial charge in [0.05, 0.1) is 0 Å². The number of halogens is 1. The van der Waals surface area contributed by atoms with Crippen molar-refractivity contribution in [3.63, 3.8) is 0 Å². The first-order valence-electron chi connectivity index (χ1n) is 8.78. The van der Waals surface area contributed by atoms with Gasteiger partial charge >= 0.3 is 161 Å². The van der Waals surface area contributed by atoms with Crippen molar-refractivity contribution in [3.8, 4) is 21.1 Å². The van der Waals surface area contributed by atoms with E-state index < -0.39 is 0 Å². The molecular formula is C23H23ClN2Se. The third-order valence-electron chi connectivity index (χ3n) is 4.78. The summed E-state index contributed by atoms with van der Waals surface area (Å²) in [5, 5.41) is 2.65. The molecule has 1 aliphatic heterocycles. The summed E-state index contributed by atoms with van der Waals surface area (Å²) in [5.41, 5.74) is 5.30. The van der Waals surface area contributed by atoms with Crippen molar-refractivity contribution in [2.24, 2.45) is 0 Å². The van der Waals surface area contributed by atoms with Crippen LogP contribution in [0.25, 0.3) is 30.8 Å². The fraction of sp³-hybridized carbons (Fsp3) is 0.174. The second-order valence-corrected chi connectivity index (χ2v) is 9.27. The fourth-order valence-electron chi connectivity index (χ4n) is 3.34. The van der Waals surface area contributed by atoms with E-state index in [0.29, 0.717) is 14.5 Å². The van der Waals surface area contributed by atoms with Gasteiger partial charge in [-0.15, -0.1) is 0 Å². The molecule has 2 aromatic carbocycles. The zero-order valence-electron chi connectivity index (χ0n) is 16.0. The standard InChI is InChI=1S/C23H23N2Se.ClH/c1-24(2)17-10-12-19-21(14-17)26-22-15-18(25(3)4)11-13-20(22)23(19)16-8-6-5-7-9-16;/h5-15H,1-4H3;1H/q+1;/p-1. The first-order chi connectivity index (χ1) is 12.5. The molecule has 0 aromatic heterocycles. The Morgan fingerprint density at radius 3 is 2.26 bits per heavy atom. The summed E-state index contributed by atoms with van der Waals surface area (Å²) in [7, 11) is 8.43. The quantitative estimate of drug-likeness (QED) is 0.253. The summed E-state index contributed by atoms with van der Waals surface area (Å²) in [5.74, 6) is 0. The van der Waals surface area contributed by atoms with E-state index in [0.717, 1.165) is 0 Å². The van der Waals surface area contributed by atoms with Gasteiger partial charge in [0.1, 0.15) is 0 Å². The van der Waals surface area contributed by atoms with Crippen LogP contribution in [0.15, 0.2) is 66.7 Å². The predicted octanol–water partition coefficient (Wildman–Crippen LogP) is 0.770. The van der Waals surface area contributed by atoms with Crippen molar-refractivity contribution in [2.75, 3.05) is 33.1 Å². The molecule has 0 atom stereocenters. The Morgan fingerprint density at radius 1 is 0.852 bits per heavy atom. The van der Waals surface area contributed by atoms with E-state index in [1.807, 2.05) is 0 Å². The van der Waals surface area contributed by atoms with Crippen molar-refractivity contribution in [3.05, 3.63) is 72.1 Å². The molecule has 0 unspecified atom stereocenters. The van der Waals surface area contributed by atoms with Crippen LogP contribution in [0, 0.1) is 0 Å². The van der Waals surface area contributed by atoms with E-state index in [9.17, 15) is 0 Å². The molecule has 2 aromatic rings. The molecule has 0 saturated heterocycles. The minimum absolute atomic E-state index is 0. The maximum atomic E-state index is 2.36. The van der Waals surface area contributed by atoms with Crippen molar-refractivity contribution < 1.29 is 12.4 Å². The second-order valence-electron chi connectivity index (χ2n) is 6.99. The van der Waals surface area contributed by atoms with Gasteiger partial charge in [-0.05, 0) is 0 Å². The van der Waals surface area contributed by atoms with E-state index >= 15 is 0 Å². The van der Waals surface area contributed by atoms with Crippen LogP contribution in [0.5, 0.6) is 0 Å². The first-order valence-corrected chi connectivity index (χ1v) is 10.5. The third-order valence-corrected chi connectivity index (χ3v) is 7.12. The van der Waals surface area contributed by atoms with Crippen molar-refractivity contribution in [1.82, 2.24) is 4.58 Å². The van der Waals surface area contributed by atoms with Gasteiger partial charge in [0.25, 0.3) is 0 Å². The molecule has 1 heterocycles. The van der Waals surface area contributed by atoms with Crippen LogP contribution in [0.1, 0.15) is 0 Å². The molecule has 2 nitrogen and oxygen atoms in total. The number of nitrogens with zero attached hydrogens (tertiary/aromatic N) is 2. The average Bonchev–Trinajstić information content (AvgIpc) is 2.65. The molecule has 0 radical (unpaired) electrons. The summed E-state index contributed by atoms with van der Waals surface area (Å²) < 4.78 is 5.11. The van der Waals surface area contributed by atoms with Crippen LogP contribution in [0.3, 0.4) is 0 Å². The van der Waals surface area contributed by atoms with E-state index in [1.54, 1.807) is 0 Å². The number of hydrogen-bond acceptors (Lipinski definition) is 1. The Bertz CT molecular complexity index is 1130. The number of rotatable bonds is 2. The molecule has 1 aliphatic carbocycles. The maximum absolute atomic E-state index is 2.36. The Labute approximate surface area is 172 Å². The molecule has 4 rings (SSSR count). The minimum Gasteiger partial charge on any atom is -1.00 e. The zero-order valence-corrected chi connectivity index (χ0v) is 18.5. The normalized spacial score (nSPS) is 10.7. The number of anilines is 1. The van der Waals surface area contributed by atoms with E-state index in [1.165, 1.54) is 41.8 Å². The zero-order chi connectivity index (χ0) is 18.3. The number of hydrogen-bond donors (Lipinski definition) is 0. The number of benzene rings is 3. The molecule has 0 saturated carbocycles. The Kier molecular flexibility index (Phi) is 5.76. The fourth-order valence-corrected chi connectivity index (χ4v) is 5.77. The second kappa shape index (κ2) is 7.90. The third kappa shape index (κ3) is 3.68. The Balaban J connectivity index is 0.00000210. The summed E-state index contributed by atoms with van der Waals surface area (Å²) >= 11 is 0.307. The molecular weight excluding hydrogens is 419 g/mol. The summed E-state index contributed by atoms with van der Waals surface area (Å²) in [6, 6.07) is 24.6. The average molecular weight is 442 g/mol. The Hall–Kier alpha value is -2.06. The van der Waals surface area contributed by atoms with E-state index in [2.05, 4.69) is 104 Å². The minimum atomic E-state index is 0. The molecule has 0 N–H and O–H groups in total. The van der Waals surface area contributed by atoms with Crippen LogP contribution in [0.2, 0.25) is 0 Å². The maximum Gasteiger partial charge on any atom is -1.00 e. The van der Waals surface area contributed by atoms with E-state index in [-0.39, 0.29) is 12.4 Å². The monoisotopic (exact) mass is 442 g/mol. The molecule has 4 heteroatoms. The topological polar surface area (TPSA) is 6.25 Å². The number of fused-ring (bicyclic) bond motifs is 2. The van der Waals surface area contributed by atoms with Crippen LogP contribution >= 0.6 is 0 Å². The van der Waals surface area contributed by atoms with Crippen LogP contribution < -0.4 is 27.2 Å². The van der Waals surface area contributed by atoms with Gasteiger partial charge in [0.2, 0.25) is 0 Å². The summed E-state index contributed by atoms with van der Waals surface area (Å²) in [4.78, 5) is 2.18. The molecule has 138 valence electrons. The Morgan fingerprint density at radius 2 is 1.59 bits per heavy atom. The molecule has 27 heavy (non-hydrogen) atoms. The summed E-state index contributed by atoms with van der Waals surface area (Å²) in [6.45, 7) is 0. The molecule has 0 bridgehead atoms. The van der Waals surface area contributed by atoms with Gasteiger partial charge in [-0.3, -0.25) is 0 Å². The van der Waals surface area contributed by atoms with Gasteiger partial charge in [-0.1, -0.05) is 0 Å². The summed E-state index contributed by atoms with van der Waals surface area (Å²) in [6.07, 6.45) is 0. The molecule has 0 spiro atoms. The van der Waals surface area contributed by atoms with Gasteiger partial charge in [-0.2, -0.15) is 0 Å². The van der Waals surface area contributed by atoms with Gasteiger partial charge in [-0.25, -0.2) is 0 Å². The predicted molar refractivity (Wildman–Crippen MR) is 114 cm³/mol. The van der Waals surface area contributed by atoms with Gasteiger partial charge in [0, 0.05) is 0 Å². The van der Waals surface area contributed by atoms with Crippen LogP contribution in [0.4, 0.5) is 5.69 Å². The van der Waals surface area contributed by atoms with Crippen molar-refractivity contribution in [2.45, 2.75) is 0 Å². The van der Waals surface area contributed by atoms with Crippen LogP contribution in [-0.4, -0.2) is 42.7 Å². The smallest absolute Gasteiger partial charge is 1.00 e. The van der Waals surface area contributed by atoms with Crippen molar-refractivity contribution in [1.29, 1.82) is 0 Å². The SMILES string of the molecule is CN(C)c1ccc2c(-c3ccccc3)c3ccc(=[N+](C)C)cc-3[se]c2c1.[Cl-].